The molecule has 0 heterocycles. The zero-order valence-corrected chi connectivity index (χ0v) is 10.8. The molecule has 0 radical (unpaired) electrons. The number of hydrogen-bond acceptors (Lipinski definition) is 2. The third kappa shape index (κ3) is 3.21. The quantitative estimate of drug-likeness (QED) is 0.726. The van der Waals surface area contributed by atoms with Gasteiger partial charge in [-0.05, 0) is 38.5 Å². The van der Waals surface area contributed by atoms with Crippen LogP contribution in [0.1, 0.15) is 59.3 Å². The van der Waals surface area contributed by atoms with Crippen LogP contribution in [0.4, 0.5) is 0 Å². The average Bonchev–Trinajstić information content (AvgIpc) is 2.42. The molecule has 0 aliphatic heterocycles. The summed E-state index contributed by atoms with van der Waals surface area (Å²) >= 11 is 0. The molecule has 0 aromatic heterocycles. The first-order chi connectivity index (χ1) is 7.50. The largest absolute Gasteiger partial charge is 0.480 e. The van der Waals surface area contributed by atoms with Crippen LogP contribution in [0, 0.1) is 5.92 Å². The van der Waals surface area contributed by atoms with Gasteiger partial charge in [0.15, 0.2) is 0 Å². The molecule has 3 atom stereocenters. The lowest BCUT2D eigenvalue weighted by atomic mass is 9.88. The summed E-state index contributed by atoms with van der Waals surface area (Å²) in [6, 6.07) is 0.282. The minimum atomic E-state index is -0.666. The number of hydrogen-bond donors (Lipinski definition) is 2. The predicted molar refractivity (Wildman–Crippen MR) is 65.5 cm³/mol. The van der Waals surface area contributed by atoms with Gasteiger partial charge in [-0.1, -0.05) is 26.7 Å². The minimum Gasteiger partial charge on any atom is -0.480 e. The first-order valence-corrected chi connectivity index (χ1v) is 6.51. The molecule has 0 bridgehead atoms. The molecule has 0 spiro atoms. The lowest BCUT2D eigenvalue weighted by Gasteiger charge is -2.32. The van der Waals surface area contributed by atoms with Gasteiger partial charge < -0.3 is 5.11 Å². The van der Waals surface area contributed by atoms with Gasteiger partial charge in [-0.2, -0.15) is 0 Å². The Hall–Kier alpha value is -0.570. The Bertz CT molecular complexity index is 242. The van der Waals surface area contributed by atoms with E-state index < -0.39 is 11.5 Å². The molecule has 1 fully saturated rings. The smallest absolute Gasteiger partial charge is 0.323 e. The Labute approximate surface area is 98.6 Å². The van der Waals surface area contributed by atoms with E-state index in [1.54, 1.807) is 0 Å². The molecule has 3 unspecified atom stereocenters. The van der Waals surface area contributed by atoms with Crippen molar-refractivity contribution in [3.8, 4) is 0 Å². The van der Waals surface area contributed by atoms with E-state index in [2.05, 4.69) is 26.1 Å². The molecule has 1 aliphatic carbocycles. The van der Waals surface area contributed by atoms with Crippen LogP contribution in [0.2, 0.25) is 0 Å². The molecule has 1 aliphatic rings. The molecule has 1 saturated carbocycles. The molecule has 2 N–H and O–H groups in total. The second-order valence-electron chi connectivity index (χ2n) is 5.38. The van der Waals surface area contributed by atoms with Crippen molar-refractivity contribution in [3.05, 3.63) is 0 Å². The highest BCUT2D eigenvalue weighted by atomic mass is 16.4. The van der Waals surface area contributed by atoms with Crippen LogP contribution in [0.15, 0.2) is 0 Å². The summed E-state index contributed by atoms with van der Waals surface area (Å²) in [7, 11) is 0. The monoisotopic (exact) mass is 227 g/mol. The normalized spacial score (nSPS) is 33.1. The number of aliphatic carboxylic acids is 1. The first kappa shape index (κ1) is 13.5. The van der Waals surface area contributed by atoms with Gasteiger partial charge in [0.05, 0.1) is 0 Å². The van der Waals surface area contributed by atoms with Crippen LogP contribution in [-0.4, -0.2) is 22.7 Å². The molecular weight excluding hydrogens is 202 g/mol. The Morgan fingerprint density at radius 3 is 2.75 bits per heavy atom. The molecule has 16 heavy (non-hydrogen) atoms. The van der Waals surface area contributed by atoms with Gasteiger partial charge in [-0.3, -0.25) is 10.1 Å². The molecule has 3 heteroatoms. The maximum absolute atomic E-state index is 11.5. The number of carbonyl (C=O) groups is 1. The van der Waals surface area contributed by atoms with E-state index in [4.69, 9.17) is 0 Å². The van der Waals surface area contributed by atoms with Gasteiger partial charge >= 0.3 is 5.97 Å². The third-order valence-corrected chi connectivity index (χ3v) is 3.91. The van der Waals surface area contributed by atoms with Gasteiger partial charge in [0.1, 0.15) is 5.54 Å². The lowest BCUT2D eigenvalue weighted by Crippen LogP contribution is -2.55. The van der Waals surface area contributed by atoms with E-state index in [-0.39, 0.29) is 6.04 Å². The maximum Gasteiger partial charge on any atom is 0.323 e. The SMILES string of the molecule is CCC(C)NC1(C(=O)O)CCCC(C)CC1. The van der Waals surface area contributed by atoms with Gasteiger partial charge in [0.2, 0.25) is 0 Å². The van der Waals surface area contributed by atoms with Crippen molar-refractivity contribution >= 4 is 5.97 Å². The third-order valence-electron chi connectivity index (χ3n) is 3.91. The van der Waals surface area contributed by atoms with Crippen molar-refractivity contribution < 1.29 is 9.90 Å². The Balaban J connectivity index is 2.74. The van der Waals surface area contributed by atoms with Crippen LogP contribution in [0.5, 0.6) is 0 Å². The minimum absolute atomic E-state index is 0.282. The number of rotatable bonds is 4. The second kappa shape index (κ2) is 5.67. The highest BCUT2D eigenvalue weighted by Crippen LogP contribution is 2.31. The maximum atomic E-state index is 11.5. The summed E-state index contributed by atoms with van der Waals surface area (Å²) in [6.45, 7) is 6.38. The van der Waals surface area contributed by atoms with E-state index in [9.17, 15) is 9.90 Å². The lowest BCUT2D eigenvalue weighted by molar-refractivity contribution is -0.146. The summed E-state index contributed by atoms with van der Waals surface area (Å²) in [5, 5.41) is 12.8. The van der Waals surface area contributed by atoms with E-state index >= 15 is 0 Å². The summed E-state index contributed by atoms with van der Waals surface area (Å²) in [5.41, 5.74) is -0.666. The van der Waals surface area contributed by atoms with Crippen LogP contribution < -0.4 is 5.32 Å². The first-order valence-electron chi connectivity index (χ1n) is 6.51. The van der Waals surface area contributed by atoms with Gasteiger partial charge in [0.25, 0.3) is 0 Å². The van der Waals surface area contributed by atoms with Crippen LogP contribution in [-0.2, 0) is 4.79 Å². The summed E-state index contributed by atoms with van der Waals surface area (Å²) in [4.78, 5) is 11.5. The van der Waals surface area contributed by atoms with Crippen molar-refractivity contribution in [2.45, 2.75) is 70.9 Å². The fourth-order valence-corrected chi connectivity index (χ4v) is 2.51. The van der Waals surface area contributed by atoms with E-state index in [0.29, 0.717) is 5.92 Å². The molecular formula is C13H25NO2. The second-order valence-corrected chi connectivity index (χ2v) is 5.38. The predicted octanol–water partition coefficient (Wildman–Crippen LogP) is 2.80. The number of carboxylic acid groups (broad SMARTS) is 1. The Morgan fingerprint density at radius 2 is 2.19 bits per heavy atom. The summed E-state index contributed by atoms with van der Waals surface area (Å²) in [6.07, 6.45) is 5.74. The standard InChI is InChI=1S/C13H25NO2/c1-4-11(3)14-13(12(15)16)8-5-6-10(2)7-9-13/h10-11,14H,4-9H2,1-3H3,(H,15,16). The summed E-state index contributed by atoms with van der Waals surface area (Å²) < 4.78 is 0. The zero-order valence-electron chi connectivity index (χ0n) is 10.8. The number of nitrogens with one attached hydrogen (secondary N) is 1. The van der Waals surface area contributed by atoms with Gasteiger partial charge in [-0.15, -0.1) is 0 Å². The van der Waals surface area contributed by atoms with E-state index in [1.165, 1.54) is 0 Å². The van der Waals surface area contributed by atoms with Crippen LogP contribution in [0.25, 0.3) is 0 Å². The summed E-state index contributed by atoms with van der Waals surface area (Å²) in [5.74, 6) is 0.00172. The molecule has 94 valence electrons. The highest BCUT2D eigenvalue weighted by molar-refractivity contribution is 5.78. The average molecular weight is 227 g/mol. The van der Waals surface area contributed by atoms with Crippen LogP contribution >= 0.6 is 0 Å². The van der Waals surface area contributed by atoms with Gasteiger partial charge in [-0.25, -0.2) is 0 Å². The van der Waals surface area contributed by atoms with Gasteiger partial charge in [0, 0.05) is 6.04 Å². The topological polar surface area (TPSA) is 49.3 Å². The fraction of sp³-hybridized carbons (Fsp3) is 0.923. The molecule has 0 amide bonds. The molecule has 3 nitrogen and oxygen atoms in total. The Morgan fingerprint density at radius 1 is 1.50 bits per heavy atom. The fourth-order valence-electron chi connectivity index (χ4n) is 2.51. The highest BCUT2D eigenvalue weighted by Gasteiger charge is 2.39. The molecule has 0 aromatic carbocycles. The van der Waals surface area contributed by atoms with E-state index in [1.807, 2.05) is 0 Å². The van der Waals surface area contributed by atoms with Crippen molar-refractivity contribution in [1.82, 2.24) is 5.32 Å². The van der Waals surface area contributed by atoms with Crippen molar-refractivity contribution in [1.29, 1.82) is 0 Å². The molecule has 0 saturated heterocycles. The van der Waals surface area contributed by atoms with Crippen molar-refractivity contribution in [2.24, 2.45) is 5.92 Å². The molecule has 0 aromatic rings. The van der Waals surface area contributed by atoms with E-state index in [0.717, 1.165) is 38.5 Å². The number of carboxylic acids is 1. The van der Waals surface area contributed by atoms with Crippen molar-refractivity contribution in [2.75, 3.05) is 0 Å². The van der Waals surface area contributed by atoms with Crippen LogP contribution in [0.3, 0.4) is 0 Å². The molecule has 1 rings (SSSR count). The van der Waals surface area contributed by atoms with Crippen molar-refractivity contribution in [3.63, 3.8) is 0 Å². The zero-order chi connectivity index (χ0) is 12.2. The Kier molecular flexibility index (Phi) is 4.78.